The van der Waals surface area contributed by atoms with Gasteiger partial charge in [-0.25, -0.2) is 9.78 Å². The second-order valence-electron chi connectivity index (χ2n) is 8.42. The molecule has 0 radical (unpaired) electrons. The molecule has 6 nitrogen and oxygen atoms in total. The number of nitrogens with zero attached hydrogens (tertiary/aromatic N) is 2. The van der Waals surface area contributed by atoms with Gasteiger partial charge in [-0.1, -0.05) is 18.2 Å². The fraction of sp³-hybridized carbons (Fsp3) is 0.542. The number of hydrogen-bond acceptors (Lipinski definition) is 6. The average Bonchev–Trinajstić information content (AvgIpc) is 3.60. The van der Waals surface area contributed by atoms with Crippen molar-refractivity contribution >= 4 is 5.97 Å². The topological polar surface area (TPSA) is 70.5 Å². The molecule has 0 spiro atoms. The molecule has 0 unspecified atom stereocenters. The molecule has 0 N–H and O–H groups in total. The Morgan fingerprint density at radius 1 is 1.17 bits per heavy atom. The molecule has 1 saturated carbocycles. The predicted molar refractivity (Wildman–Crippen MR) is 113 cm³/mol. The molecule has 1 saturated heterocycles. The van der Waals surface area contributed by atoms with Crippen LogP contribution in [-0.4, -0.2) is 42.4 Å². The molecule has 0 atom stereocenters. The summed E-state index contributed by atoms with van der Waals surface area (Å²) in [6.07, 6.45) is 6.52. The van der Waals surface area contributed by atoms with Gasteiger partial charge >= 0.3 is 5.97 Å². The summed E-state index contributed by atoms with van der Waals surface area (Å²) in [5.74, 6) is 1.30. The number of para-hydroxylation sites is 1. The Balaban J connectivity index is 1.70. The maximum atomic E-state index is 12.4. The highest BCUT2D eigenvalue weighted by molar-refractivity contribution is 5.88. The lowest BCUT2D eigenvalue weighted by Gasteiger charge is -2.27. The van der Waals surface area contributed by atoms with Gasteiger partial charge in [0, 0.05) is 37.3 Å². The van der Waals surface area contributed by atoms with Crippen LogP contribution < -0.4 is 4.74 Å². The highest BCUT2D eigenvalue weighted by Gasteiger charge is 2.28. The fourth-order valence-electron chi connectivity index (χ4n) is 4.03. The van der Waals surface area contributed by atoms with Gasteiger partial charge in [0.25, 0.3) is 0 Å². The van der Waals surface area contributed by atoms with Crippen molar-refractivity contribution in [2.45, 2.75) is 63.9 Å². The van der Waals surface area contributed by atoms with Crippen LogP contribution in [0.25, 0.3) is 0 Å². The Kier molecular flexibility index (Phi) is 6.32. The molecule has 2 heterocycles. The highest BCUT2D eigenvalue weighted by Crippen LogP contribution is 2.40. The van der Waals surface area contributed by atoms with Crippen LogP contribution in [0.3, 0.4) is 0 Å². The predicted octanol–water partition coefficient (Wildman–Crippen LogP) is 4.41. The van der Waals surface area contributed by atoms with E-state index in [1.165, 1.54) is 12.7 Å². The van der Waals surface area contributed by atoms with Crippen molar-refractivity contribution in [3.63, 3.8) is 0 Å². The van der Waals surface area contributed by atoms with E-state index in [4.69, 9.17) is 14.2 Å². The number of aromatic nitrogens is 2. The minimum Gasteiger partial charge on any atom is -0.490 e. The molecule has 4 rings (SSSR count). The van der Waals surface area contributed by atoms with Crippen LogP contribution in [0.15, 0.2) is 24.4 Å². The molecule has 0 bridgehead atoms. The van der Waals surface area contributed by atoms with Gasteiger partial charge in [-0.05, 0) is 51.0 Å². The molecule has 1 aromatic carbocycles. The molecular formula is C24H30N2O4. The zero-order valence-corrected chi connectivity index (χ0v) is 18.0. The standard InChI is InChI=1S/C24H30N2O4/c1-15(2)30-23-18(5-4-6-19(23)16-9-11-29-12-10-16)13-20-22(24(27)28-3)26-21(14-25-20)17-7-8-17/h4-6,14-17H,7-13H2,1-3H3. The minimum absolute atomic E-state index is 0.0492. The first-order valence-electron chi connectivity index (χ1n) is 10.9. The van der Waals surface area contributed by atoms with Gasteiger partial charge in [0.1, 0.15) is 5.75 Å². The van der Waals surface area contributed by atoms with Gasteiger partial charge in [-0.2, -0.15) is 0 Å². The third-order valence-electron chi connectivity index (χ3n) is 5.74. The zero-order valence-electron chi connectivity index (χ0n) is 18.0. The van der Waals surface area contributed by atoms with Crippen LogP contribution in [0.2, 0.25) is 0 Å². The third-order valence-corrected chi connectivity index (χ3v) is 5.74. The van der Waals surface area contributed by atoms with Crippen LogP contribution in [0.1, 0.15) is 84.4 Å². The minimum atomic E-state index is -0.438. The summed E-state index contributed by atoms with van der Waals surface area (Å²) >= 11 is 0. The van der Waals surface area contributed by atoms with Gasteiger partial charge in [0.05, 0.1) is 24.6 Å². The van der Waals surface area contributed by atoms with Crippen LogP contribution in [0.4, 0.5) is 0 Å². The summed E-state index contributed by atoms with van der Waals surface area (Å²) in [6, 6.07) is 6.27. The quantitative estimate of drug-likeness (QED) is 0.630. The average molecular weight is 411 g/mol. The number of hydrogen-bond donors (Lipinski definition) is 0. The smallest absolute Gasteiger partial charge is 0.358 e. The fourth-order valence-corrected chi connectivity index (χ4v) is 4.03. The third kappa shape index (κ3) is 4.64. The normalized spacial score (nSPS) is 17.2. The Morgan fingerprint density at radius 3 is 2.60 bits per heavy atom. The first kappa shape index (κ1) is 20.8. The van der Waals surface area contributed by atoms with E-state index < -0.39 is 5.97 Å². The number of methoxy groups -OCH3 is 1. The van der Waals surface area contributed by atoms with Crippen molar-refractivity contribution in [3.05, 3.63) is 52.6 Å². The maximum Gasteiger partial charge on any atom is 0.358 e. The Bertz CT molecular complexity index is 902. The van der Waals surface area contributed by atoms with E-state index in [2.05, 4.69) is 28.2 Å². The van der Waals surface area contributed by atoms with Gasteiger partial charge in [0.15, 0.2) is 5.69 Å². The van der Waals surface area contributed by atoms with E-state index in [1.54, 1.807) is 0 Å². The van der Waals surface area contributed by atoms with Gasteiger partial charge in [-0.3, -0.25) is 4.98 Å². The first-order chi connectivity index (χ1) is 14.6. The molecule has 2 fully saturated rings. The maximum absolute atomic E-state index is 12.4. The summed E-state index contributed by atoms with van der Waals surface area (Å²) in [7, 11) is 1.39. The van der Waals surface area contributed by atoms with Crippen molar-refractivity contribution < 1.29 is 19.0 Å². The summed E-state index contributed by atoms with van der Waals surface area (Å²) in [5.41, 5.74) is 4.06. The van der Waals surface area contributed by atoms with Crippen molar-refractivity contribution in [1.82, 2.24) is 9.97 Å². The van der Waals surface area contributed by atoms with E-state index in [0.717, 1.165) is 55.9 Å². The second-order valence-corrected chi connectivity index (χ2v) is 8.42. The van der Waals surface area contributed by atoms with E-state index in [0.29, 0.717) is 29.6 Å². The van der Waals surface area contributed by atoms with Crippen molar-refractivity contribution in [2.24, 2.45) is 0 Å². The molecule has 30 heavy (non-hydrogen) atoms. The Hall–Kier alpha value is -2.47. The summed E-state index contributed by atoms with van der Waals surface area (Å²) < 4.78 is 16.8. The highest BCUT2D eigenvalue weighted by atomic mass is 16.5. The monoisotopic (exact) mass is 410 g/mol. The van der Waals surface area contributed by atoms with E-state index in [9.17, 15) is 4.79 Å². The molecule has 160 valence electrons. The van der Waals surface area contributed by atoms with Gasteiger partial charge in [-0.15, -0.1) is 0 Å². The molecular weight excluding hydrogens is 380 g/mol. The van der Waals surface area contributed by atoms with Crippen molar-refractivity contribution in [1.29, 1.82) is 0 Å². The number of benzene rings is 1. The summed E-state index contributed by atoms with van der Waals surface area (Å²) in [4.78, 5) is 21.7. The largest absolute Gasteiger partial charge is 0.490 e. The summed E-state index contributed by atoms with van der Waals surface area (Å²) in [6.45, 7) is 5.62. The van der Waals surface area contributed by atoms with E-state index >= 15 is 0 Å². The molecule has 2 aromatic rings. The lowest BCUT2D eigenvalue weighted by molar-refractivity contribution is 0.0591. The number of rotatable bonds is 7. The van der Waals surface area contributed by atoms with E-state index in [-0.39, 0.29) is 6.10 Å². The zero-order chi connectivity index (χ0) is 21.1. The number of carbonyl (C=O) groups excluding carboxylic acids is 1. The molecule has 1 aliphatic heterocycles. The SMILES string of the molecule is COC(=O)c1nc(C2CC2)cnc1Cc1cccc(C2CCOCC2)c1OC(C)C. The van der Waals surface area contributed by atoms with Crippen LogP contribution in [0, 0.1) is 0 Å². The van der Waals surface area contributed by atoms with Crippen LogP contribution in [-0.2, 0) is 15.9 Å². The molecule has 2 aliphatic rings. The first-order valence-corrected chi connectivity index (χ1v) is 10.9. The van der Waals surface area contributed by atoms with Gasteiger partial charge < -0.3 is 14.2 Å². The Labute approximate surface area is 178 Å². The molecule has 1 aromatic heterocycles. The van der Waals surface area contributed by atoms with Crippen molar-refractivity contribution in [2.75, 3.05) is 20.3 Å². The summed E-state index contributed by atoms with van der Waals surface area (Å²) in [5, 5.41) is 0. The number of esters is 1. The van der Waals surface area contributed by atoms with Crippen LogP contribution in [0.5, 0.6) is 5.75 Å². The molecule has 1 aliphatic carbocycles. The van der Waals surface area contributed by atoms with Gasteiger partial charge in [0.2, 0.25) is 0 Å². The second kappa shape index (κ2) is 9.13. The molecule has 0 amide bonds. The van der Waals surface area contributed by atoms with Crippen molar-refractivity contribution in [3.8, 4) is 5.75 Å². The molecule has 6 heteroatoms. The number of ether oxygens (including phenoxy) is 3. The lowest BCUT2D eigenvalue weighted by Crippen LogP contribution is -2.18. The number of carbonyl (C=O) groups is 1. The van der Waals surface area contributed by atoms with Crippen LogP contribution >= 0.6 is 0 Å². The van der Waals surface area contributed by atoms with E-state index in [1.807, 2.05) is 20.0 Å². The lowest BCUT2D eigenvalue weighted by atomic mass is 9.88. The Morgan fingerprint density at radius 2 is 1.93 bits per heavy atom.